The predicted octanol–water partition coefficient (Wildman–Crippen LogP) is 4.08. The molecule has 1 aliphatic rings. The largest absolute Gasteiger partial charge is 0.487 e. The molecular formula is C24H25N3O2. The molecule has 1 N–H and O–H groups in total. The molecule has 0 aliphatic carbocycles. The summed E-state index contributed by atoms with van der Waals surface area (Å²) in [6.45, 7) is 2.74. The summed E-state index contributed by atoms with van der Waals surface area (Å²) in [4.78, 5) is 18.0. The minimum atomic E-state index is 0.221. The van der Waals surface area contributed by atoms with Crippen LogP contribution >= 0.6 is 0 Å². The molecule has 4 rings (SSSR count). The van der Waals surface area contributed by atoms with Gasteiger partial charge in [-0.05, 0) is 42.3 Å². The molecule has 5 nitrogen and oxygen atoms in total. The van der Waals surface area contributed by atoms with Gasteiger partial charge in [0.25, 0.3) is 0 Å². The number of benzene rings is 2. The van der Waals surface area contributed by atoms with Crippen molar-refractivity contribution in [1.29, 1.82) is 0 Å². The number of hydrogen-bond donors (Lipinski definition) is 1. The van der Waals surface area contributed by atoms with Crippen molar-refractivity contribution in [3.63, 3.8) is 0 Å². The van der Waals surface area contributed by atoms with Gasteiger partial charge < -0.3 is 15.0 Å². The summed E-state index contributed by atoms with van der Waals surface area (Å²) in [6.07, 6.45) is 3.38. The molecule has 0 unspecified atom stereocenters. The Morgan fingerprint density at radius 3 is 2.55 bits per heavy atom. The lowest BCUT2D eigenvalue weighted by molar-refractivity contribution is -0.117. The highest BCUT2D eigenvalue weighted by molar-refractivity contribution is 5.95. The molecule has 1 fully saturated rings. The van der Waals surface area contributed by atoms with Crippen molar-refractivity contribution < 1.29 is 9.53 Å². The van der Waals surface area contributed by atoms with E-state index in [0.717, 1.165) is 42.2 Å². The molecule has 2 aromatic carbocycles. The van der Waals surface area contributed by atoms with Crippen LogP contribution in [0.15, 0.2) is 72.9 Å². The van der Waals surface area contributed by atoms with E-state index in [4.69, 9.17) is 4.74 Å². The molecule has 2 heterocycles. The average molecular weight is 387 g/mol. The van der Waals surface area contributed by atoms with Gasteiger partial charge in [0.1, 0.15) is 12.4 Å². The van der Waals surface area contributed by atoms with Crippen LogP contribution in [0, 0.1) is 0 Å². The van der Waals surface area contributed by atoms with E-state index in [-0.39, 0.29) is 5.91 Å². The smallest absolute Gasteiger partial charge is 0.227 e. The van der Waals surface area contributed by atoms with Gasteiger partial charge in [-0.3, -0.25) is 9.78 Å². The van der Waals surface area contributed by atoms with Crippen molar-refractivity contribution in [2.75, 3.05) is 11.4 Å². The number of nitrogens with one attached hydrogen (secondary N) is 1. The van der Waals surface area contributed by atoms with E-state index in [0.29, 0.717) is 19.6 Å². The zero-order valence-corrected chi connectivity index (χ0v) is 16.4. The molecule has 0 saturated carbocycles. The molecule has 1 aliphatic heterocycles. The predicted molar refractivity (Wildman–Crippen MR) is 114 cm³/mol. The van der Waals surface area contributed by atoms with Gasteiger partial charge in [-0.15, -0.1) is 0 Å². The Balaban J connectivity index is 1.31. The third-order valence-electron chi connectivity index (χ3n) is 5.04. The van der Waals surface area contributed by atoms with E-state index in [1.807, 2.05) is 53.4 Å². The molecule has 0 bridgehead atoms. The molecule has 0 spiro atoms. The third kappa shape index (κ3) is 5.00. The lowest BCUT2D eigenvalue weighted by Crippen LogP contribution is -2.23. The minimum Gasteiger partial charge on any atom is -0.487 e. The van der Waals surface area contributed by atoms with Crippen LogP contribution in [0.1, 0.15) is 29.7 Å². The van der Waals surface area contributed by atoms with Gasteiger partial charge in [0.15, 0.2) is 0 Å². The second kappa shape index (κ2) is 9.34. The number of ether oxygens (including phenoxy) is 1. The van der Waals surface area contributed by atoms with Crippen LogP contribution in [0.5, 0.6) is 5.75 Å². The molecule has 1 amide bonds. The fourth-order valence-corrected chi connectivity index (χ4v) is 3.48. The first kappa shape index (κ1) is 19.2. The van der Waals surface area contributed by atoms with Gasteiger partial charge >= 0.3 is 0 Å². The number of para-hydroxylation sites is 1. The normalized spacial score (nSPS) is 13.7. The Morgan fingerprint density at radius 1 is 0.966 bits per heavy atom. The summed E-state index contributed by atoms with van der Waals surface area (Å²) >= 11 is 0. The zero-order valence-electron chi connectivity index (χ0n) is 16.4. The Bertz CT molecular complexity index is 942. The first-order valence-electron chi connectivity index (χ1n) is 10.0. The summed E-state index contributed by atoms with van der Waals surface area (Å²) in [5.41, 5.74) is 4.20. The lowest BCUT2D eigenvalue weighted by atomic mass is 10.1. The molecule has 148 valence electrons. The molecule has 1 saturated heterocycles. The molecule has 1 aromatic heterocycles. The number of carbonyl (C=O) groups is 1. The molecule has 29 heavy (non-hydrogen) atoms. The van der Waals surface area contributed by atoms with E-state index >= 15 is 0 Å². The topological polar surface area (TPSA) is 54.5 Å². The van der Waals surface area contributed by atoms with Gasteiger partial charge in [-0.1, -0.05) is 36.4 Å². The molecule has 0 atom stereocenters. The number of rotatable bonds is 8. The van der Waals surface area contributed by atoms with E-state index in [9.17, 15) is 4.79 Å². The van der Waals surface area contributed by atoms with Crippen molar-refractivity contribution in [3.8, 4) is 5.75 Å². The number of hydrogen-bond acceptors (Lipinski definition) is 4. The Kier molecular flexibility index (Phi) is 6.17. The second-order valence-electron chi connectivity index (χ2n) is 7.14. The quantitative estimate of drug-likeness (QED) is 0.633. The number of anilines is 1. The van der Waals surface area contributed by atoms with Crippen LogP contribution in [0.2, 0.25) is 0 Å². The third-order valence-corrected chi connectivity index (χ3v) is 5.04. The second-order valence-corrected chi connectivity index (χ2v) is 7.14. The number of nitrogens with zero attached hydrogens (tertiary/aromatic N) is 2. The summed E-state index contributed by atoms with van der Waals surface area (Å²) in [5, 5.41) is 3.48. The maximum Gasteiger partial charge on any atom is 0.227 e. The minimum absolute atomic E-state index is 0.221. The van der Waals surface area contributed by atoms with Crippen molar-refractivity contribution in [1.82, 2.24) is 10.3 Å². The zero-order chi connectivity index (χ0) is 19.9. The van der Waals surface area contributed by atoms with Crippen LogP contribution in [0.3, 0.4) is 0 Å². The first-order chi connectivity index (χ1) is 14.3. The number of pyridine rings is 1. The highest BCUT2D eigenvalue weighted by Gasteiger charge is 2.21. The maximum atomic E-state index is 11.9. The van der Waals surface area contributed by atoms with Crippen LogP contribution in [-0.4, -0.2) is 17.4 Å². The number of carbonyl (C=O) groups excluding carboxylic acids is 1. The van der Waals surface area contributed by atoms with Crippen LogP contribution in [-0.2, 0) is 24.5 Å². The average Bonchev–Trinajstić information content (AvgIpc) is 3.20. The van der Waals surface area contributed by atoms with Crippen LogP contribution in [0.25, 0.3) is 0 Å². The summed E-state index contributed by atoms with van der Waals surface area (Å²) in [6, 6.07) is 22.1. The van der Waals surface area contributed by atoms with E-state index in [1.54, 1.807) is 6.20 Å². The summed E-state index contributed by atoms with van der Waals surface area (Å²) in [5.74, 6) is 1.09. The van der Waals surface area contributed by atoms with Crippen molar-refractivity contribution in [2.24, 2.45) is 0 Å². The fourth-order valence-electron chi connectivity index (χ4n) is 3.48. The highest BCUT2D eigenvalue weighted by atomic mass is 16.5. The summed E-state index contributed by atoms with van der Waals surface area (Å²) in [7, 11) is 0. The van der Waals surface area contributed by atoms with Crippen molar-refractivity contribution in [2.45, 2.75) is 32.5 Å². The highest BCUT2D eigenvalue weighted by Crippen LogP contribution is 2.22. The monoisotopic (exact) mass is 387 g/mol. The first-order valence-corrected chi connectivity index (χ1v) is 10.0. The van der Waals surface area contributed by atoms with Gasteiger partial charge in [-0.2, -0.15) is 0 Å². The Hall–Kier alpha value is -3.18. The van der Waals surface area contributed by atoms with E-state index in [1.165, 1.54) is 5.56 Å². The van der Waals surface area contributed by atoms with Gasteiger partial charge in [0, 0.05) is 43.5 Å². The van der Waals surface area contributed by atoms with Gasteiger partial charge in [0.2, 0.25) is 5.91 Å². The molecule has 3 aromatic rings. The number of aromatic nitrogens is 1. The van der Waals surface area contributed by atoms with Gasteiger partial charge in [-0.25, -0.2) is 0 Å². The lowest BCUT2D eigenvalue weighted by Gasteiger charge is -2.16. The van der Waals surface area contributed by atoms with Crippen molar-refractivity contribution >= 4 is 11.6 Å². The van der Waals surface area contributed by atoms with Crippen LogP contribution < -0.4 is 15.0 Å². The molecule has 5 heteroatoms. The maximum absolute atomic E-state index is 11.9. The Labute approximate surface area is 171 Å². The molecular weight excluding hydrogens is 362 g/mol. The van der Waals surface area contributed by atoms with Crippen LogP contribution in [0.4, 0.5) is 5.69 Å². The number of amides is 1. The van der Waals surface area contributed by atoms with Crippen molar-refractivity contribution in [3.05, 3.63) is 89.7 Å². The standard InChI is InChI=1S/C24H25N3O2/c28-24-9-5-15-27(24)22-12-10-19(11-13-22)16-25-17-20-6-1-2-8-23(20)29-18-21-7-3-4-14-26-21/h1-4,6-8,10-14,25H,5,9,15-18H2. The van der Waals surface area contributed by atoms with E-state index < -0.39 is 0 Å². The SMILES string of the molecule is O=C1CCCN1c1ccc(CNCc2ccccc2OCc2ccccn2)cc1. The van der Waals surface area contributed by atoms with E-state index in [2.05, 4.69) is 28.5 Å². The Morgan fingerprint density at radius 2 is 1.79 bits per heavy atom. The summed E-state index contributed by atoms with van der Waals surface area (Å²) < 4.78 is 5.97. The fraction of sp³-hybridized carbons (Fsp3) is 0.250. The van der Waals surface area contributed by atoms with Gasteiger partial charge in [0.05, 0.1) is 5.69 Å². The molecule has 0 radical (unpaired) electrons.